The Labute approximate surface area is 152 Å². The van der Waals surface area contributed by atoms with Crippen molar-refractivity contribution in [1.29, 1.82) is 0 Å². The maximum absolute atomic E-state index is 12.3. The van der Waals surface area contributed by atoms with Crippen LogP contribution in [0.5, 0.6) is 0 Å². The molecule has 4 nitrogen and oxygen atoms in total. The first-order valence-corrected chi connectivity index (χ1v) is 8.51. The van der Waals surface area contributed by atoms with Crippen molar-refractivity contribution in [1.82, 2.24) is 9.78 Å². The number of aromatic nitrogens is 2. The average Bonchev–Trinajstić information content (AvgIpc) is 3.08. The van der Waals surface area contributed by atoms with E-state index in [0.29, 0.717) is 5.69 Å². The molecule has 4 rings (SSSR count). The summed E-state index contributed by atoms with van der Waals surface area (Å²) in [5.41, 5.74) is 4.99. The molecule has 0 spiro atoms. The van der Waals surface area contributed by atoms with Gasteiger partial charge in [0.15, 0.2) is 0 Å². The number of hydrogen-bond donors (Lipinski definition) is 1. The standard InChI is InChI=1S/C22H19N3O/c1-15-5-3-4-6-20(15)18-8-7-17-14-19(10-9-16(17)13-18)24-22(26)21-11-12-23-25(21)2/h3-14H,1-2H3,(H,24,26). The molecule has 0 aliphatic carbocycles. The van der Waals surface area contributed by atoms with Gasteiger partial charge in [-0.25, -0.2) is 0 Å². The van der Waals surface area contributed by atoms with Gasteiger partial charge in [-0.3, -0.25) is 9.48 Å². The van der Waals surface area contributed by atoms with Crippen molar-refractivity contribution in [2.75, 3.05) is 5.32 Å². The number of amides is 1. The molecule has 1 heterocycles. The number of anilines is 1. The second-order valence-electron chi connectivity index (χ2n) is 6.39. The summed E-state index contributed by atoms with van der Waals surface area (Å²) >= 11 is 0. The largest absolute Gasteiger partial charge is 0.321 e. The van der Waals surface area contributed by atoms with Crippen LogP contribution in [-0.4, -0.2) is 15.7 Å². The first-order chi connectivity index (χ1) is 12.6. The third-order valence-electron chi connectivity index (χ3n) is 4.61. The van der Waals surface area contributed by atoms with Gasteiger partial charge in [-0.15, -0.1) is 0 Å². The van der Waals surface area contributed by atoms with Gasteiger partial charge < -0.3 is 5.32 Å². The second kappa shape index (κ2) is 6.48. The van der Waals surface area contributed by atoms with E-state index in [4.69, 9.17) is 0 Å². The summed E-state index contributed by atoms with van der Waals surface area (Å²) in [6.07, 6.45) is 1.61. The Kier molecular flexibility index (Phi) is 4.01. The molecule has 1 N–H and O–H groups in total. The third-order valence-corrected chi connectivity index (χ3v) is 4.61. The van der Waals surface area contributed by atoms with E-state index in [2.05, 4.69) is 59.8 Å². The summed E-state index contributed by atoms with van der Waals surface area (Å²) < 4.78 is 1.56. The van der Waals surface area contributed by atoms with Gasteiger partial charge in [-0.05, 0) is 58.7 Å². The molecule has 0 radical (unpaired) electrons. The molecule has 0 aliphatic rings. The molecule has 0 aliphatic heterocycles. The summed E-state index contributed by atoms with van der Waals surface area (Å²) in [7, 11) is 1.75. The van der Waals surface area contributed by atoms with Crippen molar-refractivity contribution >= 4 is 22.4 Å². The van der Waals surface area contributed by atoms with Crippen LogP contribution in [0.3, 0.4) is 0 Å². The van der Waals surface area contributed by atoms with E-state index in [1.807, 2.05) is 18.2 Å². The fourth-order valence-electron chi connectivity index (χ4n) is 3.18. The fourth-order valence-corrected chi connectivity index (χ4v) is 3.18. The number of benzene rings is 3. The Hall–Kier alpha value is -3.40. The van der Waals surface area contributed by atoms with Crippen LogP contribution >= 0.6 is 0 Å². The minimum atomic E-state index is -0.166. The second-order valence-corrected chi connectivity index (χ2v) is 6.39. The SMILES string of the molecule is Cc1ccccc1-c1ccc2cc(NC(=O)c3ccnn3C)ccc2c1. The van der Waals surface area contributed by atoms with Crippen LogP contribution in [0.2, 0.25) is 0 Å². The average molecular weight is 341 g/mol. The molecule has 3 aromatic carbocycles. The third kappa shape index (κ3) is 2.97. The maximum atomic E-state index is 12.3. The van der Waals surface area contributed by atoms with Crippen LogP contribution in [0, 0.1) is 6.92 Å². The topological polar surface area (TPSA) is 46.9 Å². The summed E-state index contributed by atoms with van der Waals surface area (Å²) in [6, 6.07) is 22.4. The Morgan fingerprint density at radius 1 is 0.962 bits per heavy atom. The number of fused-ring (bicyclic) bond motifs is 1. The summed E-state index contributed by atoms with van der Waals surface area (Å²) in [5, 5.41) is 9.19. The van der Waals surface area contributed by atoms with Gasteiger partial charge in [-0.1, -0.05) is 42.5 Å². The first kappa shape index (κ1) is 16.1. The Balaban J connectivity index is 1.64. The van der Waals surface area contributed by atoms with Crippen LogP contribution in [0.4, 0.5) is 5.69 Å². The van der Waals surface area contributed by atoms with Gasteiger partial charge in [0.2, 0.25) is 0 Å². The molecule has 0 fully saturated rings. The molecule has 1 aromatic heterocycles. The summed E-state index contributed by atoms with van der Waals surface area (Å²) in [6.45, 7) is 2.12. The number of nitrogens with zero attached hydrogens (tertiary/aromatic N) is 2. The van der Waals surface area contributed by atoms with Gasteiger partial charge in [0, 0.05) is 18.9 Å². The predicted molar refractivity (Wildman–Crippen MR) is 105 cm³/mol. The molecule has 26 heavy (non-hydrogen) atoms. The minimum Gasteiger partial charge on any atom is -0.321 e. The van der Waals surface area contributed by atoms with Crippen molar-refractivity contribution in [3.8, 4) is 11.1 Å². The van der Waals surface area contributed by atoms with Gasteiger partial charge >= 0.3 is 0 Å². The lowest BCUT2D eigenvalue weighted by atomic mass is 9.98. The zero-order valence-corrected chi connectivity index (χ0v) is 14.7. The number of carbonyl (C=O) groups is 1. The lowest BCUT2D eigenvalue weighted by Gasteiger charge is -2.09. The van der Waals surface area contributed by atoms with Gasteiger partial charge in [0.05, 0.1) is 0 Å². The lowest BCUT2D eigenvalue weighted by molar-refractivity contribution is 0.101. The Bertz CT molecular complexity index is 1110. The van der Waals surface area contributed by atoms with Gasteiger partial charge in [0.1, 0.15) is 5.69 Å². The van der Waals surface area contributed by atoms with Gasteiger partial charge in [-0.2, -0.15) is 5.10 Å². The van der Waals surface area contributed by atoms with Crippen molar-refractivity contribution in [3.63, 3.8) is 0 Å². The van der Waals surface area contributed by atoms with E-state index in [1.54, 1.807) is 24.0 Å². The number of carbonyl (C=O) groups excluding carboxylic acids is 1. The molecule has 1 amide bonds. The Morgan fingerprint density at radius 2 is 1.73 bits per heavy atom. The van der Waals surface area contributed by atoms with E-state index in [9.17, 15) is 4.79 Å². The highest BCUT2D eigenvalue weighted by atomic mass is 16.2. The quantitative estimate of drug-likeness (QED) is 0.582. The molecule has 0 atom stereocenters. The maximum Gasteiger partial charge on any atom is 0.273 e. The van der Waals surface area contributed by atoms with Crippen molar-refractivity contribution in [3.05, 3.63) is 84.2 Å². The van der Waals surface area contributed by atoms with E-state index >= 15 is 0 Å². The highest BCUT2D eigenvalue weighted by Crippen LogP contribution is 2.28. The van der Waals surface area contributed by atoms with E-state index in [-0.39, 0.29) is 5.91 Å². The van der Waals surface area contributed by atoms with E-state index in [1.165, 1.54) is 16.7 Å². The lowest BCUT2D eigenvalue weighted by Crippen LogP contribution is -2.15. The molecule has 128 valence electrons. The molecule has 0 unspecified atom stereocenters. The fraction of sp³-hybridized carbons (Fsp3) is 0.0909. The molecular weight excluding hydrogens is 322 g/mol. The highest BCUT2D eigenvalue weighted by Gasteiger charge is 2.10. The molecule has 4 aromatic rings. The number of aryl methyl sites for hydroxylation is 2. The molecule has 0 bridgehead atoms. The van der Waals surface area contributed by atoms with Crippen LogP contribution in [-0.2, 0) is 7.05 Å². The van der Waals surface area contributed by atoms with Crippen LogP contribution in [0.1, 0.15) is 16.1 Å². The number of rotatable bonds is 3. The van der Waals surface area contributed by atoms with Crippen LogP contribution in [0.15, 0.2) is 72.9 Å². The zero-order chi connectivity index (χ0) is 18.1. The van der Waals surface area contributed by atoms with Crippen molar-refractivity contribution in [2.24, 2.45) is 7.05 Å². The van der Waals surface area contributed by atoms with Crippen molar-refractivity contribution in [2.45, 2.75) is 6.92 Å². The van der Waals surface area contributed by atoms with Gasteiger partial charge in [0.25, 0.3) is 5.91 Å². The predicted octanol–water partition coefficient (Wildman–Crippen LogP) is 4.80. The molecule has 0 saturated carbocycles. The van der Waals surface area contributed by atoms with Crippen molar-refractivity contribution < 1.29 is 4.79 Å². The first-order valence-electron chi connectivity index (χ1n) is 8.51. The summed E-state index contributed by atoms with van der Waals surface area (Å²) in [4.78, 5) is 12.3. The Morgan fingerprint density at radius 3 is 2.50 bits per heavy atom. The summed E-state index contributed by atoms with van der Waals surface area (Å²) in [5.74, 6) is -0.166. The normalized spacial score (nSPS) is 10.8. The smallest absolute Gasteiger partial charge is 0.273 e. The van der Waals surface area contributed by atoms with E-state index < -0.39 is 0 Å². The zero-order valence-electron chi connectivity index (χ0n) is 14.7. The van der Waals surface area contributed by atoms with Crippen LogP contribution in [0.25, 0.3) is 21.9 Å². The highest BCUT2D eigenvalue weighted by molar-refractivity contribution is 6.04. The molecule has 0 saturated heterocycles. The van der Waals surface area contributed by atoms with E-state index in [0.717, 1.165) is 16.5 Å². The number of nitrogens with one attached hydrogen (secondary N) is 1. The minimum absolute atomic E-state index is 0.166. The monoisotopic (exact) mass is 341 g/mol. The molecule has 4 heteroatoms. The van der Waals surface area contributed by atoms with Crippen LogP contribution < -0.4 is 5.32 Å². The number of hydrogen-bond acceptors (Lipinski definition) is 2. The molecular formula is C22H19N3O.